The van der Waals surface area contributed by atoms with Crippen molar-refractivity contribution < 1.29 is 8.81 Å². The van der Waals surface area contributed by atoms with Crippen LogP contribution in [-0.4, -0.2) is 9.78 Å². The summed E-state index contributed by atoms with van der Waals surface area (Å²) in [5.41, 5.74) is 8.04. The number of hydrogen-bond acceptors (Lipinski definition) is 3. The molecule has 20 heavy (non-hydrogen) atoms. The molecule has 2 N–H and O–H groups in total. The lowest BCUT2D eigenvalue weighted by Crippen LogP contribution is -1.98. The van der Waals surface area contributed by atoms with E-state index in [0.29, 0.717) is 28.4 Å². The maximum atomic E-state index is 13.4. The normalized spacial score (nSPS) is 10.9. The summed E-state index contributed by atoms with van der Waals surface area (Å²) < 4.78 is 20.6. The Balaban J connectivity index is 2.24. The third-order valence-corrected chi connectivity index (χ3v) is 3.18. The van der Waals surface area contributed by atoms with Gasteiger partial charge in [-0.1, -0.05) is 12.1 Å². The van der Waals surface area contributed by atoms with E-state index in [2.05, 4.69) is 5.10 Å². The van der Waals surface area contributed by atoms with Gasteiger partial charge in [-0.3, -0.25) is 4.68 Å². The van der Waals surface area contributed by atoms with E-state index in [9.17, 15) is 4.39 Å². The summed E-state index contributed by atoms with van der Waals surface area (Å²) in [4.78, 5) is 0. The Morgan fingerprint density at radius 3 is 2.70 bits per heavy atom. The van der Waals surface area contributed by atoms with E-state index in [1.165, 1.54) is 12.1 Å². The van der Waals surface area contributed by atoms with Gasteiger partial charge in [0.2, 0.25) is 0 Å². The Morgan fingerprint density at radius 2 is 2.05 bits per heavy atom. The SMILES string of the molecule is Cc1ccc(-c2nn(C)c(N)c2-c2cccc(F)c2)o1. The third-order valence-electron chi connectivity index (χ3n) is 3.18. The third kappa shape index (κ3) is 1.97. The van der Waals surface area contributed by atoms with Crippen LogP contribution >= 0.6 is 0 Å². The van der Waals surface area contributed by atoms with Gasteiger partial charge in [-0.15, -0.1) is 0 Å². The average Bonchev–Trinajstić information content (AvgIpc) is 2.95. The lowest BCUT2D eigenvalue weighted by molar-refractivity contribution is 0.545. The van der Waals surface area contributed by atoms with Gasteiger partial charge in [0.25, 0.3) is 0 Å². The van der Waals surface area contributed by atoms with Crippen molar-refractivity contribution in [2.24, 2.45) is 7.05 Å². The number of halogens is 1. The fraction of sp³-hybridized carbons (Fsp3) is 0.133. The minimum atomic E-state index is -0.313. The number of hydrogen-bond donors (Lipinski definition) is 1. The summed E-state index contributed by atoms with van der Waals surface area (Å²) in [6.07, 6.45) is 0. The fourth-order valence-electron chi connectivity index (χ4n) is 2.20. The molecule has 0 unspecified atom stereocenters. The summed E-state index contributed by atoms with van der Waals surface area (Å²) in [7, 11) is 1.75. The highest BCUT2D eigenvalue weighted by atomic mass is 19.1. The van der Waals surface area contributed by atoms with Gasteiger partial charge in [0.15, 0.2) is 5.76 Å². The molecule has 3 aromatic rings. The molecule has 0 spiro atoms. The molecule has 0 atom stereocenters. The number of aryl methyl sites for hydroxylation is 2. The Kier molecular flexibility index (Phi) is 2.82. The monoisotopic (exact) mass is 271 g/mol. The number of aromatic nitrogens is 2. The average molecular weight is 271 g/mol. The minimum Gasteiger partial charge on any atom is -0.460 e. The van der Waals surface area contributed by atoms with Gasteiger partial charge in [-0.05, 0) is 36.8 Å². The zero-order chi connectivity index (χ0) is 14.3. The van der Waals surface area contributed by atoms with Crippen molar-refractivity contribution in [2.45, 2.75) is 6.92 Å². The number of anilines is 1. The van der Waals surface area contributed by atoms with Gasteiger partial charge in [0.1, 0.15) is 23.1 Å². The molecule has 5 heteroatoms. The Hall–Kier alpha value is -2.56. The molecule has 102 valence electrons. The number of nitrogens with two attached hydrogens (primary N) is 1. The van der Waals surface area contributed by atoms with Gasteiger partial charge in [-0.25, -0.2) is 4.39 Å². The second-order valence-electron chi connectivity index (χ2n) is 4.65. The van der Waals surface area contributed by atoms with Gasteiger partial charge >= 0.3 is 0 Å². The number of rotatable bonds is 2. The molecular weight excluding hydrogens is 257 g/mol. The van der Waals surface area contributed by atoms with Gasteiger partial charge < -0.3 is 10.2 Å². The highest BCUT2D eigenvalue weighted by Gasteiger charge is 2.19. The Morgan fingerprint density at radius 1 is 1.25 bits per heavy atom. The van der Waals surface area contributed by atoms with Crippen molar-refractivity contribution in [1.82, 2.24) is 9.78 Å². The first-order chi connectivity index (χ1) is 9.56. The van der Waals surface area contributed by atoms with E-state index >= 15 is 0 Å². The molecule has 0 saturated heterocycles. The fourth-order valence-corrected chi connectivity index (χ4v) is 2.20. The van der Waals surface area contributed by atoms with Crippen LogP contribution in [0.1, 0.15) is 5.76 Å². The van der Waals surface area contributed by atoms with Gasteiger partial charge in [0.05, 0.1) is 5.56 Å². The lowest BCUT2D eigenvalue weighted by Gasteiger charge is -2.03. The summed E-state index contributed by atoms with van der Waals surface area (Å²) in [5, 5.41) is 4.38. The molecule has 4 nitrogen and oxygen atoms in total. The number of nitrogen functional groups attached to an aromatic ring is 1. The van der Waals surface area contributed by atoms with Crippen molar-refractivity contribution in [2.75, 3.05) is 5.73 Å². The van der Waals surface area contributed by atoms with Crippen LogP contribution in [0.15, 0.2) is 40.8 Å². The van der Waals surface area contributed by atoms with Crippen LogP contribution in [0, 0.1) is 12.7 Å². The first-order valence-electron chi connectivity index (χ1n) is 6.21. The predicted molar refractivity (Wildman–Crippen MR) is 75.5 cm³/mol. The maximum Gasteiger partial charge on any atom is 0.155 e. The summed E-state index contributed by atoms with van der Waals surface area (Å²) in [6.45, 7) is 1.86. The predicted octanol–water partition coefficient (Wildman–Crippen LogP) is 3.38. The molecule has 0 saturated carbocycles. The second-order valence-corrected chi connectivity index (χ2v) is 4.65. The zero-order valence-electron chi connectivity index (χ0n) is 11.2. The molecule has 2 aromatic heterocycles. The molecule has 0 aliphatic carbocycles. The molecule has 0 aliphatic rings. The first-order valence-corrected chi connectivity index (χ1v) is 6.21. The quantitative estimate of drug-likeness (QED) is 0.777. The van der Waals surface area contributed by atoms with Crippen LogP contribution in [0.4, 0.5) is 10.2 Å². The number of furan rings is 1. The van der Waals surface area contributed by atoms with E-state index in [0.717, 1.165) is 5.76 Å². The molecule has 1 aromatic carbocycles. The van der Waals surface area contributed by atoms with Crippen LogP contribution < -0.4 is 5.73 Å². The van der Waals surface area contributed by atoms with E-state index in [-0.39, 0.29) is 5.82 Å². The highest BCUT2D eigenvalue weighted by Crippen LogP contribution is 2.36. The maximum absolute atomic E-state index is 13.4. The van der Waals surface area contributed by atoms with Crippen LogP contribution in [0.5, 0.6) is 0 Å². The van der Waals surface area contributed by atoms with Crippen LogP contribution in [-0.2, 0) is 7.05 Å². The molecule has 0 fully saturated rings. The molecule has 0 radical (unpaired) electrons. The number of nitrogens with zero attached hydrogens (tertiary/aromatic N) is 2. The smallest absolute Gasteiger partial charge is 0.155 e. The Labute approximate surface area is 115 Å². The van der Waals surface area contributed by atoms with Crippen LogP contribution in [0.3, 0.4) is 0 Å². The van der Waals surface area contributed by atoms with Gasteiger partial charge in [-0.2, -0.15) is 5.10 Å². The molecule has 0 amide bonds. The van der Waals surface area contributed by atoms with Crippen molar-refractivity contribution in [3.05, 3.63) is 48.0 Å². The molecule has 2 heterocycles. The van der Waals surface area contributed by atoms with Crippen molar-refractivity contribution >= 4 is 5.82 Å². The van der Waals surface area contributed by atoms with Crippen molar-refractivity contribution in [3.8, 4) is 22.6 Å². The molecule has 0 aliphatic heterocycles. The summed E-state index contributed by atoms with van der Waals surface area (Å²) in [6, 6.07) is 9.97. The second kappa shape index (κ2) is 4.52. The number of benzene rings is 1. The molecule has 0 bridgehead atoms. The van der Waals surface area contributed by atoms with E-state index in [4.69, 9.17) is 10.2 Å². The largest absolute Gasteiger partial charge is 0.460 e. The minimum absolute atomic E-state index is 0.313. The van der Waals surface area contributed by atoms with Crippen molar-refractivity contribution in [3.63, 3.8) is 0 Å². The van der Waals surface area contributed by atoms with E-state index < -0.39 is 0 Å². The Bertz CT molecular complexity index is 773. The lowest BCUT2D eigenvalue weighted by atomic mass is 10.0. The van der Waals surface area contributed by atoms with Crippen LogP contribution in [0.25, 0.3) is 22.6 Å². The topological polar surface area (TPSA) is 57.0 Å². The van der Waals surface area contributed by atoms with E-state index in [1.807, 2.05) is 19.1 Å². The molecule has 3 rings (SSSR count). The summed E-state index contributed by atoms with van der Waals surface area (Å²) >= 11 is 0. The van der Waals surface area contributed by atoms with Crippen LogP contribution in [0.2, 0.25) is 0 Å². The highest BCUT2D eigenvalue weighted by molar-refractivity contribution is 5.86. The molecular formula is C15H14FN3O. The van der Waals surface area contributed by atoms with Crippen molar-refractivity contribution in [1.29, 1.82) is 0 Å². The standard InChI is InChI=1S/C15H14FN3O/c1-9-6-7-12(20-9)14-13(15(17)19(2)18-14)10-4-3-5-11(16)8-10/h3-8H,17H2,1-2H3. The van der Waals surface area contributed by atoms with E-state index in [1.54, 1.807) is 23.9 Å². The summed E-state index contributed by atoms with van der Waals surface area (Å²) in [5.74, 6) is 1.57. The zero-order valence-corrected chi connectivity index (χ0v) is 11.2. The van der Waals surface area contributed by atoms with Gasteiger partial charge in [0, 0.05) is 7.05 Å². The first kappa shape index (κ1) is 12.5.